The third-order valence-corrected chi connectivity index (χ3v) is 4.16. The van der Waals surface area contributed by atoms with Crippen molar-refractivity contribution in [1.29, 1.82) is 0 Å². The van der Waals surface area contributed by atoms with Crippen LogP contribution in [0.1, 0.15) is 18.9 Å². The van der Waals surface area contributed by atoms with Gasteiger partial charge in [-0.3, -0.25) is 4.79 Å². The second-order valence-electron chi connectivity index (χ2n) is 5.11. The molecule has 0 spiro atoms. The van der Waals surface area contributed by atoms with Crippen molar-refractivity contribution in [3.05, 3.63) is 35.1 Å². The van der Waals surface area contributed by atoms with Crippen molar-refractivity contribution >= 4 is 23.1 Å². The van der Waals surface area contributed by atoms with E-state index in [0.717, 1.165) is 25.1 Å². The average Bonchev–Trinajstić information content (AvgIpc) is 2.87. The van der Waals surface area contributed by atoms with E-state index in [0.29, 0.717) is 17.0 Å². The van der Waals surface area contributed by atoms with E-state index < -0.39 is 0 Å². The van der Waals surface area contributed by atoms with E-state index in [-0.39, 0.29) is 5.91 Å². The molecule has 4 heteroatoms. The first-order valence-electron chi connectivity index (χ1n) is 6.21. The Morgan fingerprint density at radius 2 is 2.28 bits per heavy atom. The standard InChI is InChI=1S/C14H15ClN2O/c1-9(18)17-7-12-4-11(5-13(12)8-17)10-2-3-14(15)16-6-10/h2-4,6,12-13H,5,7-8H2,1H3. The van der Waals surface area contributed by atoms with Crippen LogP contribution in [0.4, 0.5) is 0 Å². The fourth-order valence-electron chi connectivity index (χ4n) is 2.95. The number of carbonyl (C=O) groups is 1. The van der Waals surface area contributed by atoms with Gasteiger partial charge in [-0.1, -0.05) is 23.7 Å². The highest BCUT2D eigenvalue weighted by Gasteiger charge is 2.37. The summed E-state index contributed by atoms with van der Waals surface area (Å²) in [4.78, 5) is 17.4. The van der Waals surface area contributed by atoms with Crippen LogP contribution in [0.15, 0.2) is 24.4 Å². The van der Waals surface area contributed by atoms with Gasteiger partial charge >= 0.3 is 0 Å². The maximum atomic E-state index is 11.3. The number of rotatable bonds is 1. The van der Waals surface area contributed by atoms with Gasteiger partial charge in [-0.25, -0.2) is 4.98 Å². The summed E-state index contributed by atoms with van der Waals surface area (Å²) in [6.07, 6.45) is 5.17. The Hall–Kier alpha value is -1.35. The third kappa shape index (κ3) is 2.03. The van der Waals surface area contributed by atoms with Crippen LogP contribution in [0.25, 0.3) is 5.57 Å². The minimum absolute atomic E-state index is 0.188. The van der Waals surface area contributed by atoms with Crippen LogP contribution in [0, 0.1) is 11.8 Å². The van der Waals surface area contributed by atoms with Gasteiger partial charge in [0.1, 0.15) is 5.15 Å². The van der Waals surface area contributed by atoms with Crippen LogP contribution in [-0.2, 0) is 4.79 Å². The van der Waals surface area contributed by atoms with Gasteiger partial charge < -0.3 is 4.90 Å². The molecule has 2 heterocycles. The predicted octanol–water partition coefficient (Wildman–Crippen LogP) is 2.62. The summed E-state index contributed by atoms with van der Waals surface area (Å²) >= 11 is 5.79. The molecule has 94 valence electrons. The molecule has 0 N–H and O–H groups in total. The molecular weight excluding hydrogens is 248 g/mol. The van der Waals surface area contributed by atoms with Crippen LogP contribution in [0.2, 0.25) is 5.15 Å². The first-order chi connectivity index (χ1) is 8.63. The third-order valence-electron chi connectivity index (χ3n) is 3.93. The zero-order valence-corrected chi connectivity index (χ0v) is 11.0. The molecule has 1 aromatic rings. The van der Waals surface area contributed by atoms with Crippen LogP contribution in [0.3, 0.4) is 0 Å². The Morgan fingerprint density at radius 3 is 2.89 bits per heavy atom. The van der Waals surface area contributed by atoms with Crippen molar-refractivity contribution in [3.63, 3.8) is 0 Å². The SMILES string of the molecule is CC(=O)N1CC2C=C(c3ccc(Cl)nc3)CC2C1. The number of pyridine rings is 1. The molecule has 2 unspecified atom stereocenters. The van der Waals surface area contributed by atoms with Gasteiger partial charge in [0.25, 0.3) is 0 Å². The molecule has 2 atom stereocenters. The maximum absolute atomic E-state index is 11.3. The lowest BCUT2D eigenvalue weighted by atomic mass is 9.99. The minimum atomic E-state index is 0.188. The number of halogens is 1. The Labute approximate surface area is 111 Å². The summed E-state index contributed by atoms with van der Waals surface area (Å²) in [6, 6.07) is 3.85. The monoisotopic (exact) mass is 262 g/mol. The lowest BCUT2D eigenvalue weighted by Crippen LogP contribution is -2.26. The number of hydrogen-bond donors (Lipinski definition) is 0. The fraction of sp³-hybridized carbons (Fsp3) is 0.429. The Balaban J connectivity index is 1.77. The summed E-state index contributed by atoms with van der Waals surface area (Å²) in [5, 5.41) is 0.528. The highest BCUT2D eigenvalue weighted by Crippen LogP contribution is 2.40. The highest BCUT2D eigenvalue weighted by molar-refractivity contribution is 6.29. The largest absolute Gasteiger partial charge is 0.342 e. The average molecular weight is 263 g/mol. The summed E-state index contributed by atoms with van der Waals surface area (Å²) in [6.45, 7) is 3.40. The number of carbonyl (C=O) groups excluding carboxylic acids is 1. The summed E-state index contributed by atoms with van der Waals surface area (Å²) < 4.78 is 0. The molecule has 1 fully saturated rings. The molecular formula is C14H15ClN2O. The van der Waals surface area contributed by atoms with E-state index in [1.54, 1.807) is 6.92 Å². The maximum Gasteiger partial charge on any atom is 0.219 e. The van der Waals surface area contributed by atoms with Gasteiger partial charge in [0.15, 0.2) is 0 Å². The van der Waals surface area contributed by atoms with E-state index in [4.69, 9.17) is 11.6 Å². The van der Waals surface area contributed by atoms with E-state index in [2.05, 4.69) is 11.1 Å². The van der Waals surface area contributed by atoms with E-state index >= 15 is 0 Å². The number of allylic oxidation sites excluding steroid dienone is 1. The molecule has 2 aliphatic rings. The van der Waals surface area contributed by atoms with Gasteiger partial charge in [-0.15, -0.1) is 0 Å². The summed E-state index contributed by atoms with van der Waals surface area (Å²) in [5.41, 5.74) is 2.50. The molecule has 1 aliphatic heterocycles. The molecule has 0 radical (unpaired) electrons. The van der Waals surface area contributed by atoms with Crippen LogP contribution < -0.4 is 0 Å². The number of nitrogens with zero attached hydrogens (tertiary/aromatic N) is 2. The first-order valence-corrected chi connectivity index (χ1v) is 6.59. The van der Waals surface area contributed by atoms with Gasteiger partial charge in [-0.2, -0.15) is 0 Å². The number of likely N-dealkylation sites (tertiary alicyclic amines) is 1. The van der Waals surface area contributed by atoms with Crippen molar-refractivity contribution in [2.75, 3.05) is 13.1 Å². The number of amides is 1. The van der Waals surface area contributed by atoms with Crippen LogP contribution >= 0.6 is 11.6 Å². The molecule has 0 bridgehead atoms. The van der Waals surface area contributed by atoms with E-state index in [9.17, 15) is 4.79 Å². The molecule has 1 aromatic heterocycles. The first kappa shape index (κ1) is 11.7. The number of hydrogen-bond acceptors (Lipinski definition) is 2. The van der Waals surface area contributed by atoms with Crippen molar-refractivity contribution < 1.29 is 4.79 Å². The number of fused-ring (bicyclic) bond motifs is 1. The molecule has 3 nitrogen and oxygen atoms in total. The summed E-state index contributed by atoms with van der Waals surface area (Å²) in [5.74, 6) is 1.28. The van der Waals surface area contributed by atoms with E-state index in [1.807, 2.05) is 23.2 Å². The minimum Gasteiger partial charge on any atom is -0.342 e. The van der Waals surface area contributed by atoms with Crippen molar-refractivity contribution in [3.8, 4) is 0 Å². The van der Waals surface area contributed by atoms with Crippen molar-refractivity contribution in [1.82, 2.24) is 9.88 Å². The Kier molecular flexibility index (Phi) is 2.86. The normalized spacial score (nSPS) is 26.1. The van der Waals surface area contributed by atoms with Gasteiger partial charge in [0.2, 0.25) is 5.91 Å². The van der Waals surface area contributed by atoms with Crippen LogP contribution in [0.5, 0.6) is 0 Å². The fourth-order valence-corrected chi connectivity index (χ4v) is 3.06. The smallest absolute Gasteiger partial charge is 0.219 e. The topological polar surface area (TPSA) is 33.2 Å². The van der Waals surface area contributed by atoms with Crippen molar-refractivity contribution in [2.45, 2.75) is 13.3 Å². The van der Waals surface area contributed by atoms with Gasteiger partial charge in [-0.05, 0) is 35.5 Å². The van der Waals surface area contributed by atoms with Gasteiger partial charge in [0.05, 0.1) is 0 Å². The molecule has 1 amide bonds. The molecule has 3 rings (SSSR count). The molecule has 18 heavy (non-hydrogen) atoms. The second kappa shape index (κ2) is 4.39. The Bertz CT molecular complexity index is 509. The molecule has 1 aliphatic carbocycles. The number of aromatic nitrogens is 1. The zero-order chi connectivity index (χ0) is 12.7. The summed E-state index contributed by atoms with van der Waals surface area (Å²) in [7, 11) is 0. The zero-order valence-electron chi connectivity index (χ0n) is 10.3. The lowest BCUT2D eigenvalue weighted by molar-refractivity contribution is -0.128. The second-order valence-corrected chi connectivity index (χ2v) is 5.50. The molecule has 1 saturated heterocycles. The predicted molar refractivity (Wildman–Crippen MR) is 71.1 cm³/mol. The highest BCUT2D eigenvalue weighted by atomic mass is 35.5. The van der Waals surface area contributed by atoms with Crippen molar-refractivity contribution in [2.24, 2.45) is 11.8 Å². The van der Waals surface area contributed by atoms with E-state index in [1.165, 1.54) is 5.57 Å². The Morgan fingerprint density at radius 1 is 1.44 bits per heavy atom. The molecule has 0 aromatic carbocycles. The van der Waals surface area contributed by atoms with Gasteiger partial charge in [0, 0.05) is 26.2 Å². The van der Waals surface area contributed by atoms with Crippen LogP contribution in [-0.4, -0.2) is 28.9 Å². The molecule has 0 saturated carbocycles. The lowest BCUT2D eigenvalue weighted by Gasteiger charge is -2.14. The quantitative estimate of drug-likeness (QED) is 0.729.